The van der Waals surface area contributed by atoms with Gasteiger partial charge in [0.2, 0.25) is 0 Å². The Labute approximate surface area is 300 Å². The molecule has 1 heterocycles. The second-order valence-corrected chi connectivity index (χ2v) is 16.1. The molecule has 2 aliphatic rings. The first-order valence-corrected chi connectivity index (χ1v) is 19.7. The van der Waals surface area contributed by atoms with E-state index < -0.39 is 6.10 Å². The molecule has 0 amide bonds. The summed E-state index contributed by atoms with van der Waals surface area (Å²) in [7, 11) is 0. The van der Waals surface area contributed by atoms with Gasteiger partial charge in [0.15, 0.2) is 0 Å². The van der Waals surface area contributed by atoms with Gasteiger partial charge in [-0.15, -0.1) is 0 Å². The van der Waals surface area contributed by atoms with Crippen LogP contribution < -0.4 is 0 Å². The van der Waals surface area contributed by atoms with E-state index in [2.05, 4.69) is 128 Å². The van der Waals surface area contributed by atoms with E-state index in [9.17, 15) is 5.11 Å². The van der Waals surface area contributed by atoms with Gasteiger partial charge in [0.25, 0.3) is 0 Å². The number of hydrogen-bond donors (Lipinski definition) is 1. The van der Waals surface area contributed by atoms with Crippen molar-refractivity contribution in [1.29, 1.82) is 0 Å². The second kappa shape index (κ2) is 18.8. The number of nitrogens with zero attached hydrogens (tertiary/aromatic N) is 1. The Kier molecular flexibility index (Phi) is 14.9. The van der Waals surface area contributed by atoms with Gasteiger partial charge < -0.3 is 9.94 Å². The first kappa shape index (κ1) is 38.8. The van der Waals surface area contributed by atoms with Crippen LogP contribution in [-0.4, -0.2) is 16.3 Å². The standard InChI is InChI=1S/C46H67NO2/c1-10-12-15-18-36-27-38(19-13-11-2)35(9)43(28-36)46-30-40(24-32(3)4)44-29-39(37-20-16-14-17-21-37)22-23-45(44)47(46)49-42(26-34(7)8)31-41(48)25-33(5)6/h14,16-17,20-23,27-28,30-34,41,44,46,48H,10-13,15,18-19,24-26,29H2,1-9H3/b42-31-. The van der Waals surface area contributed by atoms with Crippen LogP contribution in [0.4, 0.5) is 0 Å². The topological polar surface area (TPSA) is 32.7 Å². The number of rotatable bonds is 18. The zero-order valence-electron chi connectivity index (χ0n) is 32.4. The van der Waals surface area contributed by atoms with E-state index in [0.717, 1.165) is 44.3 Å². The predicted molar refractivity (Wildman–Crippen MR) is 210 cm³/mol. The van der Waals surface area contributed by atoms with E-state index in [1.807, 2.05) is 6.08 Å². The predicted octanol–water partition coefficient (Wildman–Crippen LogP) is 12.7. The first-order chi connectivity index (χ1) is 23.5. The minimum Gasteiger partial charge on any atom is -0.389 e. The van der Waals surface area contributed by atoms with Crippen LogP contribution in [0.2, 0.25) is 0 Å². The van der Waals surface area contributed by atoms with Crippen molar-refractivity contribution in [1.82, 2.24) is 5.06 Å². The SMILES string of the molecule is CCCCCc1cc(CCCC)c(C)c(C2C=C(CC(C)C)C3CC(c4ccccc4)=CC=C3N2O/C(=C\C(O)CC(C)C)CC(C)C)c1. The number of aryl methyl sites for hydroxylation is 2. The van der Waals surface area contributed by atoms with E-state index in [4.69, 9.17) is 4.84 Å². The third-order valence-corrected chi connectivity index (χ3v) is 10.1. The van der Waals surface area contributed by atoms with Gasteiger partial charge in [-0.25, -0.2) is 5.06 Å². The molecule has 0 spiro atoms. The van der Waals surface area contributed by atoms with Crippen molar-refractivity contribution < 1.29 is 9.94 Å². The minimum absolute atomic E-state index is 0.0489. The molecule has 0 saturated heterocycles. The van der Waals surface area contributed by atoms with E-state index in [1.54, 1.807) is 0 Å². The summed E-state index contributed by atoms with van der Waals surface area (Å²) < 4.78 is 0. The fraction of sp³-hybridized carbons (Fsp3) is 0.565. The molecule has 3 atom stereocenters. The van der Waals surface area contributed by atoms with Crippen LogP contribution in [0.1, 0.15) is 147 Å². The Morgan fingerprint density at radius 1 is 0.898 bits per heavy atom. The Morgan fingerprint density at radius 3 is 2.29 bits per heavy atom. The van der Waals surface area contributed by atoms with Crippen molar-refractivity contribution in [2.45, 2.75) is 145 Å². The number of benzene rings is 2. The van der Waals surface area contributed by atoms with Crippen LogP contribution in [0.3, 0.4) is 0 Å². The lowest BCUT2D eigenvalue weighted by atomic mass is 9.76. The van der Waals surface area contributed by atoms with Crippen molar-refractivity contribution >= 4 is 5.57 Å². The molecule has 1 aliphatic carbocycles. The molecular formula is C46H67NO2. The van der Waals surface area contributed by atoms with Crippen LogP contribution in [-0.2, 0) is 17.7 Å². The number of hydrogen-bond acceptors (Lipinski definition) is 3. The summed E-state index contributed by atoms with van der Waals surface area (Å²) >= 11 is 0. The van der Waals surface area contributed by atoms with Gasteiger partial charge >= 0.3 is 0 Å². The van der Waals surface area contributed by atoms with Crippen molar-refractivity contribution in [3.63, 3.8) is 0 Å². The second-order valence-electron chi connectivity index (χ2n) is 16.1. The normalized spacial score (nSPS) is 18.8. The van der Waals surface area contributed by atoms with Crippen LogP contribution >= 0.6 is 0 Å². The number of allylic oxidation sites excluding steroid dienone is 5. The lowest BCUT2D eigenvalue weighted by Crippen LogP contribution is -2.37. The van der Waals surface area contributed by atoms with Crippen LogP contribution in [0.15, 0.2) is 83.8 Å². The molecule has 49 heavy (non-hydrogen) atoms. The van der Waals surface area contributed by atoms with Gasteiger partial charge in [0.05, 0.1) is 11.8 Å². The molecule has 0 aromatic heterocycles. The van der Waals surface area contributed by atoms with Crippen LogP contribution in [0.5, 0.6) is 0 Å². The van der Waals surface area contributed by atoms with E-state index in [-0.39, 0.29) is 12.0 Å². The van der Waals surface area contributed by atoms with Gasteiger partial charge in [-0.1, -0.05) is 135 Å². The van der Waals surface area contributed by atoms with Gasteiger partial charge in [-0.05, 0) is 115 Å². The largest absolute Gasteiger partial charge is 0.389 e. The monoisotopic (exact) mass is 666 g/mol. The number of fused-ring (bicyclic) bond motifs is 1. The summed E-state index contributed by atoms with van der Waals surface area (Å²) in [6.45, 7) is 20.4. The van der Waals surface area contributed by atoms with Gasteiger partial charge in [-0.3, -0.25) is 0 Å². The highest BCUT2D eigenvalue weighted by Gasteiger charge is 2.38. The molecule has 0 saturated carbocycles. The molecule has 1 N–H and O–H groups in total. The number of hydroxylamine groups is 2. The van der Waals surface area contributed by atoms with E-state index in [0.29, 0.717) is 17.8 Å². The molecule has 3 nitrogen and oxygen atoms in total. The zero-order valence-corrected chi connectivity index (χ0v) is 32.4. The highest BCUT2D eigenvalue weighted by atomic mass is 16.7. The summed E-state index contributed by atoms with van der Waals surface area (Å²) in [5, 5.41) is 13.4. The third kappa shape index (κ3) is 11.0. The Balaban J connectivity index is 1.92. The maximum absolute atomic E-state index is 11.1. The Morgan fingerprint density at radius 2 is 1.63 bits per heavy atom. The molecular weight excluding hydrogens is 599 g/mol. The van der Waals surface area contributed by atoms with Crippen molar-refractivity contribution in [3.8, 4) is 0 Å². The average Bonchev–Trinajstić information content (AvgIpc) is 3.05. The molecule has 268 valence electrons. The fourth-order valence-electron chi connectivity index (χ4n) is 7.62. The molecule has 2 aromatic carbocycles. The molecule has 4 rings (SSSR count). The van der Waals surface area contributed by atoms with Crippen LogP contribution in [0.25, 0.3) is 5.57 Å². The maximum atomic E-state index is 11.1. The van der Waals surface area contributed by atoms with E-state index >= 15 is 0 Å². The smallest absolute Gasteiger partial charge is 0.131 e. The number of aliphatic hydroxyl groups excluding tert-OH is 1. The third-order valence-electron chi connectivity index (χ3n) is 10.1. The summed E-state index contributed by atoms with van der Waals surface area (Å²) in [5.41, 5.74) is 11.1. The average molecular weight is 666 g/mol. The quantitative estimate of drug-likeness (QED) is 0.0977. The molecule has 2 aromatic rings. The van der Waals surface area contributed by atoms with Gasteiger partial charge in [-0.2, -0.15) is 0 Å². The highest BCUT2D eigenvalue weighted by Crippen LogP contribution is 2.48. The van der Waals surface area contributed by atoms with Crippen molar-refractivity contribution in [2.24, 2.45) is 23.7 Å². The number of unbranched alkanes of at least 4 members (excludes halogenated alkanes) is 3. The van der Waals surface area contributed by atoms with Crippen LogP contribution in [0, 0.1) is 30.6 Å². The minimum atomic E-state index is -0.533. The molecule has 3 heteroatoms. The summed E-state index contributed by atoms with van der Waals surface area (Å²) in [4.78, 5) is 7.19. The molecule has 0 fully saturated rings. The Bertz CT molecular complexity index is 1460. The highest BCUT2D eigenvalue weighted by molar-refractivity contribution is 5.70. The lowest BCUT2D eigenvalue weighted by molar-refractivity contribution is -0.126. The maximum Gasteiger partial charge on any atom is 0.131 e. The molecule has 3 unspecified atom stereocenters. The molecule has 1 aliphatic heterocycles. The van der Waals surface area contributed by atoms with Gasteiger partial charge in [0, 0.05) is 12.3 Å². The van der Waals surface area contributed by atoms with E-state index in [1.165, 1.54) is 76.8 Å². The lowest BCUT2D eigenvalue weighted by Gasteiger charge is -2.44. The van der Waals surface area contributed by atoms with Crippen molar-refractivity contribution in [2.75, 3.05) is 0 Å². The Hall–Kier alpha value is -3.04. The fourth-order valence-corrected chi connectivity index (χ4v) is 7.62. The zero-order chi connectivity index (χ0) is 35.5. The summed E-state index contributed by atoms with van der Waals surface area (Å²) in [5.74, 6) is 2.47. The van der Waals surface area contributed by atoms with Gasteiger partial charge in [0.1, 0.15) is 11.8 Å². The first-order valence-electron chi connectivity index (χ1n) is 19.7. The number of aliphatic hydroxyl groups is 1. The summed E-state index contributed by atoms with van der Waals surface area (Å²) in [6.07, 6.45) is 20.6. The molecule has 0 bridgehead atoms. The van der Waals surface area contributed by atoms with Crippen molar-refractivity contribution in [3.05, 3.63) is 112 Å². The summed E-state index contributed by atoms with van der Waals surface area (Å²) in [6, 6.07) is 15.8. The molecule has 0 radical (unpaired) electrons.